The van der Waals surface area contributed by atoms with Gasteiger partial charge < -0.3 is 10.7 Å². The molecule has 3 N–H and O–H groups in total. The number of benzene rings is 1. The third-order valence-corrected chi connectivity index (χ3v) is 2.76. The minimum Gasteiger partial charge on any atom is -0.347 e. The Morgan fingerprint density at radius 3 is 3.00 bits per heavy atom. The van der Waals surface area contributed by atoms with E-state index in [1.807, 2.05) is 12.1 Å². The molecule has 3 nitrogen and oxygen atoms in total. The Bertz CT molecular complexity index is 425. The van der Waals surface area contributed by atoms with Crippen molar-refractivity contribution in [2.75, 3.05) is 0 Å². The number of aromatic amines is 1. The number of halogens is 1. The Balaban J connectivity index is 2.09. The average molecular weight is 266 g/mol. The van der Waals surface area contributed by atoms with Crippen LogP contribution in [0.15, 0.2) is 41.3 Å². The summed E-state index contributed by atoms with van der Waals surface area (Å²) in [6.45, 7) is 0. The lowest BCUT2D eigenvalue weighted by molar-refractivity contribution is 0.701. The highest BCUT2D eigenvalue weighted by molar-refractivity contribution is 9.10. The molecule has 1 heterocycles. The molecule has 0 radical (unpaired) electrons. The van der Waals surface area contributed by atoms with Gasteiger partial charge in [0.25, 0.3) is 0 Å². The lowest BCUT2D eigenvalue weighted by atomic mass is 10.1. The normalized spacial score (nSPS) is 12.7. The van der Waals surface area contributed by atoms with Crippen molar-refractivity contribution in [1.82, 2.24) is 9.97 Å². The van der Waals surface area contributed by atoms with Crippen LogP contribution >= 0.6 is 15.9 Å². The van der Waals surface area contributed by atoms with Crippen LogP contribution in [0.5, 0.6) is 0 Å². The highest BCUT2D eigenvalue weighted by Crippen LogP contribution is 2.17. The fourth-order valence-electron chi connectivity index (χ4n) is 1.50. The second kappa shape index (κ2) is 4.59. The second-order valence-corrected chi connectivity index (χ2v) is 4.36. The molecular formula is C11H12BrN3. The van der Waals surface area contributed by atoms with E-state index in [1.165, 1.54) is 5.56 Å². The van der Waals surface area contributed by atoms with Crippen LogP contribution in [0.3, 0.4) is 0 Å². The molecular weight excluding hydrogens is 254 g/mol. The minimum atomic E-state index is -0.0261. The third kappa shape index (κ3) is 2.67. The summed E-state index contributed by atoms with van der Waals surface area (Å²) in [4.78, 5) is 6.98. The smallest absolute Gasteiger partial charge is 0.0922 e. The largest absolute Gasteiger partial charge is 0.347 e. The SMILES string of the molecule is N[C@H](Cc1cccc(Br)c1)c1cnc[nH]1. The first-order valence-electron chi connectivity index (χ1n) is 4.74. The van der Waals surface area contributed by atoms with E-state index in [0.29, 0.717) is 0 Å². The van der Waals surface area contributed by atoms with Gasteiger partial charge in [0, 0.05) is 10.7 Å². The molecule has 0 spiro atoms. The molecule has 1 aromatic carbocycles. The van der Waals surface area contributed by atoms with E-state index in [2.05, 4.69) is 38.0 Å². The van der Waals surface area contributed by atoms with E-state index in [-0.39, 0.29) is 6.04 Å². The summed E-state index contributed by atoms with van der Waals surface area (Å²) in [5.41, 5.74) is 8.22. The lowest BCUT2D eigenvalue weighted by Gasteiger charge is -2.09. The summed E-state index contributed by atoms with van der Waals surface area (Å²) in [7, 11) is 0. The summed E-state index contributed by atoms with van der Waals surface area (Å²) in [5, 5.41) is 0. The van der Waals surface area contributed by atoms with Gasteiger partial charge in [0.1, 0.15) is 0 Å². The molecule has 2 rings (SSSR count). The summed E-state index contributed by atoms with van der Waals surface area (Å²) >= 11 is 3.44. The molecule has 2 aromatic rings. The lowest BCUT2D eigenvalue weighted by Crippen LogP contribution is -2.13. The van der Waals surface area contributed by atoms with E-state index >= 15 is 0 Å². The molecule has 0 saturated carbocycles. The third-order valence-electron chi connectivity index (χ3n) is 2.26. The maximum Gasteiger partial charge on any atom is 0.0922 e. The fourth-order valence-corrected chi connectivity index (χ4v) is 1.94. The van der Waals surface area contributed by atoms with Crippen molar-refractivity contribution in [3.63, 3.8) is 0 Å². The first kappa shape index (κ1) is 10.4. The number of nitrogens with one attached hydrogen (secondary N) is 1. The monoisotopic (exact) mass is 265 g/mol. The van der Waals surface area contributed by atoms with Crippen LogP contribution in [0, 0.1) is 0 Å². The molecule has 0 saturated heterocycles. The minimum absolute atomic E-state index is 0.0261. The van der Waals surface area contributed by atoms with Crippen molar-refractivity contribution >= 4 is 15.9 Å². The molecule has 0 bridgehead atoms. The van der Waals surface area contributed by atoms with Gasteiger partial charge in [-0.1, -0.05) is 28.1 Å². The quantitative estimate of drug-likeness (QED) is 0.896. The molecule has 0 unspecified atom stereocenters. The van der Waals surface area contributed by atoms with Crippen molar-refractivity contribution in [1.29, 1.82) is 0 Å². The van der Waals surface area contributed by atoms with E-state index in [4.69, 9.17) is 5.73 Å². The number of hydrogen-bond acceptors (Lipinski definition) is 2. The number of H-pyrrole nitrogens is 1. The topological polar surface area (TPSA) is 54.7 Å². The van der Waals surface area contributed by atoms with Crippen LogP contribution in [0.2, 0.25) is 0 Å². The van der Waals surface area contributed by atoms with Crippen LogP contribution in [0.4, 0.5) is 0 Å². The highest BCUT2D eigenvalue weighted by atomic mass is 79.9. The van der Waals surface area contributed by atoms with Crippen molar-refractivity contribution in [2.45, 2.75) is 12.5 Å². The summed E-state index contributed by atoms with van der Waals surface area (Å²) < 4.78 is 1.08. The van der Waals surface area contributed by atoms with Crippen LogP contribution in [0.25, 0.3) is 0 Å². The molecule has 0 aliphatic rings. The van der Waals surface area contributed by atoms with Crippen molar-refractivity contribution in [2.24, 2.45) is 5.73 Å². The molecule has 0 amide bonds. The molecule has 78 valence electrons. The van der Waals surface area contributed by atoms with Crippen molar-refractivity contribution in [3.05, 3.63) is 52.5 Å². The van der Waals surface area contributed by atoms with E-state index < -0.39 is 0 Å². The van der Waals surface area contributed by atoms with Crippen LogP contribution in [0.1, 0.15) is 17.3 Å². The van der Waals surface area contributed by atoms with Gasteiger partial charge in [-0.3, -0.25) is 0 Å². The number of hydrogen-bond donors (Lipinski definition) is 2. The second-order valence-electron chi connectivity index (χ2n) is 3.45. The summed E-state index contributed by atoms with van der Waals surface area (Å²) in [6.07, 6.45) is 4.22. The maximum atomic E-state index is 6.03. The number of rotatable bonds is 3. The maximum absolute atomic E-state index is 6.03. The number of nitrogens with two attached hydrogens (primary N) is 1. The van der Waals surface area contributed by atoms with Gasteiger partial charge in [-0.15, -0.1) is 0 Å². The predicted octanol–water partition coefficient (Wildman–Crippen LogP) is 2.41. The Kier molecular flexibility index (Phi) is 3.18. The molecule has 1 aromatic heterocycles. The standard InChI is InChI=1S/C11H12BrN3/c12-9-3-1-2-8(4-9)5-10(13)11-6-14-7-15-11/h1-4,6-7,10H,5,13H2,(H,14,15)/t10-/m1/s1. The molecule has 0 aliphatic carbocycles. The summed E-state index contributed by atoms with van der Waals surface area (Å²) in [5.74, 6) is 0. The van der Waals surface area contributed by atoms with Gasteiger partial charge in [0.15, 0.2) is 0 Å². The van der Waals surface area contributed by atoms with Gasteiger partial charge in [0.2, 0.25) is 0 Å². The van der Waals surface area contributed by atoms with Gasteiger partial charge >= 0.3 is 0 Å². The molecule has 0 aliphatic heterocycles. The van der Waals surface area contributed by atoms with Crippen molar-refractivity contribution < 1.29 is 0 Å². The van der Waals surface area contributed by atoms with E-state index in [1.54, 1.807) is 12.5 Å². The Labute approximate surface area is 96.9 Å². The van der Waals surface area contributed by atoms with E-state index in [9.17, 15) is 0 Å². The molecule has 1 atom stereocenters. The van der Waals surface area contributed by atoms with Gasteiger partial charge in [-0.25, -0.2) is 4.98 Å². The predicted molar refractivity (Wildman–Crippen MR) is 63.4 cm³/mol. The van der Waals surface area contributed by atoms with Gasteiger partial charge in [-0.2, -0.15) is 0 Å². The zero-order chi connectivity index (χ0) is 10.7. The molecule has 15 heavy (non-hydrogen) atoms. The van der Waals surface area contributed by atoms with Crippen LogP contribution in [-0.4, -0.2) is 9.97 Å². The Hall–Kier alpha value is -1.13. The molecule has 4 heteroatoms. The zero-order valence-electron chi connectivity index (χ0n) is 8.15. The first-order valence-corrected chi connectivity index (χ1v) is 5.53. The summed E-state index contributed by atoms with van der Waals surface area (Å²) in [6, 6.07) is 8.14. The molecule has 0 fully saturated rings. The van der Waals surface area contributed by atoms with Gasteiger partial charge in [0.05, 0.1) is 18.1 Å². The number of nitrogens with zero attached hydrogens (tertiary/aromatic N) is 1. The zero-order valence-corrected chi connectivity index (χ0v) is 9.74. The Morgan fingerprint density at radius 2 is 2.33 bits per heavy atom. The average Bonchev–Trinajstić information content (AvgIpc) is 2.70. The Morgan fingerprint density at radius 1 is 1.47 bits per heavy atom. The fraction of sp³-hybridized carbons (Fsp3) is 0.182. The van der Waals surface area contributed by atoms with E-state index in [0.717, 1.165) is 16.6 Å². The number of aromatic nitrogens is 2. The van der Waals surface area contributed by atoms with Gasteiger partial charge in [-0.05, 0) is 24.1 Å². The first-order chi connectivity index (χ1) is 7.25. The highest BCUT2D eigenvalue weighted by Gasteiger charge is 2.07. The number of imidazole rings is 1. The van der Waals surface area contributed by atoms with Crippen LogP contribution < -0.4 is 5.73 Å². The van der Waals surface area contributed by atoms with Crippen LogP contribution in [-0.2, 0) is 6.42 Å². The van der Waals surface area contributed by atoms with Crippen molar-refractivity contribution in [3.8, 4) is 0 Å².